The number of carbonyl (C=O) groups is 2. The van der Waals surface area contributed by atoms with E-state index < -0.39 is 11.9 Å². The molecule has 0 saturated carbocycles. The van der Waals surface area contributed by atoms with Gasteiger partial charge in [0.1, 0.15) is 0 Å². The summed E-state index contributed by atoms with van der Waals surface area (Å²) < 4.78 is 0. The van der Waals surface area contributed by atoms with Crippen LogP contribution >= 0.6 is 11.3 Å². The van der Waals surface area contributed by atoms with E-state index in [4.69, 9.17) is 5.11 Å². The zero-order chi connectivity index (χ0) is 16.2. The standard InChI is InChI=1S/C16H17N3O3S/c20-14(19-7-2-4-12(10-19)15(21)22)11-3-1-5-13(9-11)18-16-17-6-8-23-16/h1,3,5-6,8-9,12H,2,4,7,10H2,(H,17,18)(H,21,22). The topological polar surface area (TPSA) is 82.5 Å². The molecule has 7 heteroatoms. The lowest BCUT2D eigenvalue weighted by atomic mass is 9.97. The van der Waals surface area contributed by atoms with Crippen molar-refractivity contribution in [2.45, 2.75) is 12.8 Å². The molecule has 0 aliphatic carbocycles. The molecule has 1 saturated heterocycles. The molecule has 1 amide bonds. The number of thiazole rings is 1. The summed E-state index contributed by atoms with van der Waals surface area (Å²) in [7, 11) is 0. The molecule has 1 atom stereocenters. The summed E-state index contributed by atoms with van der Waals surface area (Å²) >= 11 is 1.48. The van der Waals surface area contributed by atoms with Gasteiger partial charge in [-0.1, -0.05) is 6.07 Å². The number of hydrogen-bond acceptors (Lipinski definition) is 5. The first-order valence-corrected chi connectivity index (χ1v) is 8.30. The summed E-state index contributed by atoms with van der Waals surface area (Å²) in [4.78, 5) is 29.5. The van der Waals surface area contributed by atoms with Crippen LogP contribution in [0.15, 0.2) is 35.8 Å². The first kappa shape index (κ1) is 15.5. The van der Waals surface area contributed by atoms with Crippen molar-refractivity contribution in [3.63, 3.8) is 0 Å². The molecule has 23 heavy (non-hydrogen) atoms. The summed E-state index contributed by atoms with van der Waals surface area (Å²) in [5, 5.41) is 14.9. The van der Waals surface area contributed by atoms with Gasteiger partial charge in [0.05, 0.1) is 5.92 Å². The smallest absolute Gasteiger partial charge is 0.308 e. The quantitative estimate of drug-likeness (QED) is 0.900. The van der Waals surface area contributed by atoms with Crippen molar-refractivity contribution in [2.75, 3.05) is 18.4 Å². The van der Waals surface area contributed by atoms with E-state index in [-0.39, 0.29) is 12.5 Å². The molecule has 1 aliphatic heterocycles. The Balaban J connectivity index is 1.73. The first-order chi connectivity index (χ1) is 11.1. The lowest BCUT2D eigenvalue weighted by molar-refractivity contribution is -0.143. The average Bonchev–Trinajstić information content (AvgIpc) is 3.07. The van der Waals surface area contributed by atoms with Gasteiger partial charge in [-0.25, -0.2) is 4.98 Å². The van der Waals surface area contributed by atoms with Crippen LogP contribution in [0.3, 0.4) is 0 Å². The van der Waals surface area contributed by atoms with Crippen molar-refractivity contribution >= 4 is 34.0 Å². The number of carboxylic acids is 1. The highest BCUT2D eigenvalue weighted by Gasteiger charge is 2.28. The third kappa shape index (κ3) is 3.68. The number of anilines is 2. The second kappa shape index (κ2) is 6.78. The van der Waals surface area contributed by atoms with Gasteiger partial charge >= 0.3 is 5.97 Å². The van der Waals surface area contributed by atoms with Crippen LogP contribution in [0.2, 0.25) is 0 Å². The summed E-state index contributed by atoms with van der Waals surface area (Å²) in [6, 6.07) is 7.20. The van der Waals surface area contributed by atoms with Crippen molar-refractivity contribution in [1.29, 1.82) is 0 Å². The molecule has 2 N–H and O–H groups in total. The largest absolute Gasteiger partial charge is 0.481 e. The van der Waals surface area contributed by atoms with Crippen LogP contribution < -0.4 is 5.32 Å². The molecule has 2 aromatic rings. The summed E-state index contributed by atoms with van der Waals surface area (Å²) in [6.07, 6.45) is 3.06. The Morgan fingerprint density at radius 3 is 3.00 bits per heavy atom. The highest BCUT2D eigenvalue weighted by molar-refractivity contribution is 7.13. The monoisotopic (exact) mass is 331 g/mol. The number of amides is 1. The Labute approximate surface area is 137 Å². The number of carbonyl (C=O) groups excluding carboxylic acids is 1. The molecule has 3 rings (SSSR count). The third-order valence-corrected chi connectivity index (χ3v) is 4.54. The number of likely N-dealkylation sites (tertiary alicyclic amines) is 1. The number of aliphatic carboxylic acids is 1. The van der Waals surface area contributed by atoms with Crippen molar-refractivity contribution < 1.29 is 14.7 Å². The molecule has 1 fully saturated rings. The second-order valence-electron chi connectivity index (χ2n) is 5.47. The number of benzene rings is 1. The van der Waals surface area contributed by atoms with E-state index in [0.717, 1.165) is 17.2 Å². The molecule has 1 aromatic heterocycles. The second-order valence-corrected chi connectivity index (χ2v) is 6.37. The predicted molar refractivity (Wildman–Crippen MR) is 88.1 cm³/mol. The minimum Gasteiger partial charge on any atom is -0.481 e. The van der Waals surface area contributed by atoms with Crippen molar-refractivity contribution in [3.05, 3.63) is 41.4 Å². The van der Waals surface area contributed by atoms with E-state index in [1.165, 1.54) is 11.3 Å². The van der Waals surface area contributed by atoms with Gasteiger partial charge in [-0.05, 0) is 31.0 Å². The minimum atomic E-state index is -0.832. The fourth-order valence-corrected chi connectivity index (χ4v) is 3.23. The Kier molecular flexibility index (Phi) is 4.57. The van der Waals surface area contributed by atoms with Gasteiger partial charge in [0, 0.05) is 35.9 Å². The number of rotatable bonds is 4. The molecule has 1 unspecified atom stereocenters. The maximum Gasteiger partial charge on any atom is 0.308 e. The molecule has 120 valence electrons. The highest BCUT2D eigenvalue weighted by Crippen LogP contribution is 2.22. The van der Waals surface area contributed by atoms with Crippen LogP contribution in [0.5, 0.6) is 0 Å². The van der Waals surface area contributed by atoms with Crippen LogP contribution in [0, 0.1) is 5.92 Å². The molecule has 0 bridgehead atoms. The Hall–Kier alpha value is -2.41. The van der Waals surface area contributed by atoms with E-state index >= 15 is 0 Å². The maximum absolute atomic E-state index is 12.6. The molecular formula is C16H17N3O3S. The molecule has 1 aliphatic rings. The van der Waals surface area contributed by atoms with Gasteiger partial charge in [0.25, 0.3) is 5.91 Å². The summed E-state index contributed by atoms with van der Waals surface area (Å²) in [6.45, 7) is 0.880. The van der Waals surface area contributed by atoms with Crippen LogP contribution in [0.25, 0.3) is 0 Å². The molecule has 6 nitrogen and oxygen atoms in total. The number of nitrogens with zero attached hydrogens (tertiary/aromatic N) is 2. The molecule has 0 spiro atoms. The Morgan fingerprint density at radius 1 is 1.39 bits per heavy atom. The zero-order valence-electron chi connectivity index (χ0n) is 12.4. The SMILES string of the molecule is O=C(O)C1CCCN(C(=O)c2cccc(Nc3nccs3)c2)C1. The maximum atomic E-state index is 12.6. The fourth-order valence-electron chi connectivity index (χ4n) is 2.68. The normalized spacial score (nSPS) is 17.7. The lowest BCUT2D eigenvalue weighted by Crippen LogP contribution is -2.42. The average molecular weight is 331 g/mol. The van der Waals surface area contributed by atoms with Crippen LogP contribution in [-0.2, 0) is 4.79 Å². The molecule has 2 heterocycles. The number of nitrogens with one attached hydrogen (secondary N) is 1. The van der Waals surface area contributed by atoms with Gasteiger partial charge in [0.2, 0.25) is 0 Å². The van der Waals surface area contributed by atoms with Gasteiger partial charge in [0.15, 0.2) is 5.13 Å². The van der Waals surface area contributed by atoms with E-state index in [1.807, 2.05) is 17.5 Å². The summed E-state index contributed by atoms with van der Waals surface area (Å²) in [5.74, 6) is -1.43. The summed E-state index contributed by atoms with van der Waals surface area (Å²) in [5.41, 5.74) is 1.34. The van der Waals surface area contributed by atoms with Crippen molar-refractivity contribution in [2.24, 2.45) is 5.92 Å². The van der Waals surface area contributed by atoms with Crippen molar-refractivity contribution in [3.8, 4) is 0 Å². The Morgan fingerprint density at radius 2 is 2.26 bits per heavy atom. The van der Waals surface area contributed by atoms with Gasteiger partial charge in [-0.2, -0.15) is 0 Å². The third-order valence-electron chi connectivity index (χ3n) is 3.85. The fraction of sp³-hybridized carbons (Fsp3) is 0.312. The first-order valence-electron chi connectivity index (χ1n) is 7.42. The van der Waals surface area contributed by atoms with Crippen molar-refractivity contribution in [1.82, 2.24) is 9.88 Å². The number of aromatic nitrogens is 1. The highest BCUT2D eigenvalue weighted by atomic mass is 32.1. The van der Waals surface area contributed by atoms with Gasteiger partial charge in [-0.3, -0.25) is 9.59 Å². The van der Waals surface area contributed by atoms with Gasteiger partial charge in [-0.15, -0.1) is 11.3 Å². The number of carboxylic acid groups (broad SMARTS) is 1. The van der Waals surface area contributed by atoms with Crippen LogP contribution in [0.4, 0.5) is 10.8 Å². The number of hydrogen-bond donors (Lipinski definition) is 2. The molecule has 1 aromatic carbocycles. The Bertz CT molecular complexity index is 702. The van der Waals surface area contributed by atoms with Gasteiger partial charge < -0.3 is 15.3 Å². The van der Waals surface area contributed by atoms with E-state index in [1.54, 1.807) is 23.2 Å². The van der Waals surface area contributed by atoms with E-state index in [9.17, 15) is 9.59 Å². The number of piperidine rings is 1. The van der Waals surface area contributed by atoms with E-state index in [0.29, 0.717) is 18.5 Å². The zero-order valence-corrected chi connectivity index (χ0v) is 13.3. The minimum absolute atomic E-state index is 0.126. The molecule has 0 radical (unpaired) electrons. The molecular weight excluding hydrogens is 314 g/mol. The lowest BCUT2D eigenvalue weighted by Gasteiger charge is -2.30. The van der Waals surface area contributed by atoms with E-state index in [2.05, 4.69) is 10.3 Å². The van der Waals surface area contributed by atoms with Crippen LogP contribution in [-0.4, -0.2) is 40.0 Å². The predicted octanol–water partition coefficient (Wildman–Crippen LogP) is 2.82. The van der Waals surface area contributed by atoms with Crippen LogP contribution in [0.1, 0.15) is 23.2 Å².